The van der Waals surface area contributed by atoms with Crippen LogP contribution in [0.4, 0.5) is 8.78 Å². The van der Waals surface area contributed by atoms with Crippen LogP contribution in [0.3, 0.4) is 0 Å². The molecule has 0 aliphatic heterocycles. The topological polar surface area (TPSA) is 26.3 Å². The van der Waals surface area contributed by atoms with Gasteiger partial charge in [-0.25, -0.2) is 8.78 Å². The van der Waals surface area contributed by atoms with Crippen LogP contribution in [0, 0.1) is 11.6 Å². The second-order valence-corrected chi connectivity index (χ2v) is 5.05. The zero-order valence-electron chi connectivity index (χ0n) is 10.6. The molecule has 2 aromatic rings. The molecule has 0 aliphatic carbocycles. The van der Waals surface area contributed by atoms with E-state index in [-0.39, 0.29) is 12.2 Å². The van der Waals surface area contributed by atoms with Crippen LogP contribution in [0.15, 0.2) is 40.9 Å². The van der Waals surface area contributed by atoms with Gasteiger partial charge < -0.3 is 4.74 Å². The van der Waals surface area contributed by atoms with Gasteiger partial charge in [-0.2, -0.15) is 0 Å². The summed E-state index contributed by atoms with van der Waals surface area (Å²) in [5.74, 6) is -1.44. The van der Waals surface area contributed by atoms with Crippen LogP contribution < -0.4 is 4.74 Å². The molecule has 0 amide bonds. The van der Waals surface area contributed by atoms with Crippen LogP contribution in [0.5, 0.6) is 5.75 Å². The van der Waals surface area contributed by atoms with Gasteiger partial charge in [0.05, 0.1) is 7.11 Å². The molecule has 5 heteroatoms. The Morgan fingerprint density at radius 2 is 1.90 bits per heavy atom. The molecule has 0 radical (unpaired) electrons. The number of benzene rings is 2. The minimum Gasteiger partial charge on any atom is -0.497 e. The summed E-state index contributed by atoms with van der Waals surface area (Å²) in [7, 11) is 1.53. The molecule has 0 atom stereocenters. The van der Waals surface area contributed by atoms with Crippen molar-refractivity contribution in [1.82, 2.24) is 0 Å². The highest BCUT2D eigenvalue weighted by molar-refractivity contribution is 9.10. The number of rotatable bonds is 4. The maximum Gasteiger partial charge on any atom is 0.168 e. The molecular weight excluding hydrogens is 330 g/mol. The van der Waals surface area contributed by atoms with Gasteiger partial charge >= 0.3 is 0 Å². The molecular formula is C15H11BrF2O2. The van der Waals surface area contributed by atoms with E-state index in [2.05, 4.69) is 15.9 Å². The lowest BCUT2D eigenvalue weighted by Gasteiger charge is -2.06. The highest BCUT2D eigenvalue weighted by Crippen LogP contribution is 2.24. The maximum atomic E-state index is 13.1. The molecule has 104 valence electrons. The number of hydrogen-bond acceptors (Lipinski definition) is 2. The molecule has 0 saturated heterocycles. The normalized spacial score (nSPS) is 10.4. The molecule has 0 spiro atoms. The lowest BCUT2D eigenvalue weighted by atomic mass is 10.0. The van der Waals surface area contributed by atoms with Crippen molar-refractivity contribution in [2.24, 2.45) is 0 Å². The first kappa shape index (κ1) is 14.7. The van der Waals surface area contributed by atoms with Crippen molar-refractivity contribution in [1.29, 1.82) is 0 Å². The fraction of sp³-hybridized carbons (Fsp3) is 0.133. The van der Waals surface area contributed by atoms with E-state index < -0.39 is 11.6 Å². The van der Waals surface area contributed by atoms with Gasteiger partial charge in [0.25, 0.3) is 0 Å². The number of hydrogen-bond donors (Lipinski definition) is 0. The van der Waals surface area contributed by atoms with Gasteiger partial charge in [-0.05, 0) is 51.8 Å². The smallest absolute Gasteiger partial charge is 0.168 e. The molecule has 0 aliphatic rings. The van der Waals surface area contributed by atoms with Crippen LogP contribution >= 0.6 is 15.9 Å². The minimum absolute atomic E-state index is 0.00211. The van der Waals surface area contributed by atoms with Gasteiger partial charge in [0.15, 0.2) is 17.4 Å². The van der Waals surface area contributed by atoms with Crippen molar-refractivity contribution in [3.05, 3.63) is 63.6 Å². The quantitative estimate of drug-likeness (QED) is 0.781. The van der Waals surface area contributed by atoms with Gasteiger partial charge in [-0.3, -0.25) is 4.79 Å². The third-order valence-corrected chi connectivity index (χ3v) is 3.48. The van der Waals surface area contributed by atoms with Crippen LogP contribution in [-0.4, -0.2) is 12.9 Å². The Bertz CT molecular complexity index is 656. The summed E-state index contributed by atoms with van der Waals surface area (Å²) in [4.78, 5) is 12.1. The van der Waals surface area contributed by atoms with Crippen LogP contribution in [0.2, 0.25) is 0 Å². The van der Waals surface area contributed by atoms with Gasteiger partial charge in [-0.1, -0.05) is 6.07 Å². The summed E-state index contributed by atoms with van der Waals surface area (Å²) in [6, 6.07) is 8.42. The fourth-order valence-electron chi connectivity index (χ4n) is 1.78. The predicted octanol–water partition coefficient (Wildman–Crippen LogP) is 4.16. The number of halogens is 3. The predicted molar refractivity (Wildman–Crippen MR) is 75.1 cm³/mol. The zero-order valence-corrected chi connectivity index (χ0v) is 12.2. The Labute approximate surface area is 123 Å². The third-order valence-electron chi connectivity index (χ3n) is 2.83. The molecule has 0 saturated carbocycles. The Morgan fingerprint density at radius 3 is 2.50 bits per heavy atom. The van der Waals surface area contributed by atoms with E-state index in [0.29, 0.717) is 21.3 Å². The lowest BCUT2D eigenvalue weighted by Crippen LogP contribution is -2.05. The van der Waals surface area contributed by atoms with Crippen molar-refractivity contribution in [2.75, 3.05) is 7.11 Å². The number of ketones is 1. The van der Waals surface area contributed by atoms with E-state index in [1.165, 1.54) is 13.2 Å². The minimum atomic E-state index is -0.955. The summed E-state index contributed by atoms with van der Waals surface area (Å²) in [5, 5.41) is 0. The Balaban J connectivity index is 2.21. The Kier molecular flexibility index (Phi) is 4.49. The molecule has 0 N–H and O–H groups in total. The van der Waals surface area contributed by atoms with E-state index in [9.17, 15) is 13.6 Å². The summed E-state index contributed by atoms with van der Waals surface area (Å²) < 4.78 is 31.6. The van der Waals surface area contributed by atoms with Gasteiger partial charge in [0.2, 0.25) is 0 Å². The number of methoxy groups -OCH3 is 1. The molecule has 2 aromatic carbocycles. The highest BCUT2D eigenvalue weighted by atomic mass is 79.9. The van der Waals surface area contributed by atoms with Crippen molar-refractivity contribution in [3.8, 4) is 5.75 Å². The summed E-state index contributed by atoms with van der Waals surface area (Å²) in [5.41, 5.74) is 0.896. The highest BCUT2D eigenvalue weighted by Gasteiger charge is 2.13. The lowest BCUT2D eigenvalue weighted by molar-refractivity contribution is 0.0992. The number of carbonyl (C=O) groups is 1. The van der Waals surface area contributed by atoms with E-state index in [1.807, 2.05) is 0 Å². The molecule has 0 bridgehead atoms. The van der Waals surface area contributed by atoms with Gasteiger partial charge in [0, 0.05) is 16.5 Å². The molecule has 20 heavy (non-hydrogen) atoms. The maximum absolute atomic E-state index is 13.1. The Hall–Kier alpha value is -1.75. The van der Waals surface area contributed by atoms with Crippen molar-refractivity contribution < 1.29 is 18.3 Å². The first-order valence-corrected chi connectivity index (χ1v) is 6.61. The number of Topliss-reactive ketones (excluding diaryl/α,β-unsaturated/α-hetero) is 1. The molecule has 2 rings (SSSR count). The Morgan fingerprint density at radius 1 is 1.15 bits per heavy atom. The largest absolute Gasteiger partial charge is 0.497 e. The van der Waals surface area contributed by atoms with E-state index in [1.54, 1.807) is 18.2 Å². The molecule has 0 heterocycles. The van der Waals surface area contributed by atoms with Gasteiger partial charge in [0.1, 0.15) is 5.75 Å². The first-order valence-electron chi connectivity index (χ1n) is 5.82. The fourth-order valence-corrected chi connectivity index (χ4v) is 2.36. The second-order valence-electron chi connectivity index (χ2n) is 4.19. The summed E-state index contributed by atoms with van der Waals surface area (Å²) in [6.45, 7) is 0. The van der Waals surface area contributed by atoms with Crippen LogP contribution in [0.25, 0.3) is 0 Å². The molecule has 0 aromatic heterocycles. The molecule has 0 fully saturated rings. The van der Waals surface area contributed by atoms with Crippen LogP contribution in [0.1, 0.15) is 15.9 Å². The van der Waals surface area contributed by atoms with E-state index >= 15 is 0 Å². The average Bonchev–Trinajstić information content (AvgIpc) is 2.42. The first-order chi connectivity index (χ1) is 9.51. The zero-order chi connectivity index (χ0) is 14.7. The second kappa shape index (κ2) is 6.13. The van der Waals surface area contributed by atoms with Crippen molar-refractivity contribution in [2.45, 2.75) is 6.42 Å². The van der Waals surface area contributed by atoms with Gasteiger partial charge in [-0.15, -0.1) is 0 Å². The molecule has 2 nitrogen and oxygen atoms in total. The summed E-state index contributed by atoms with van der Waals surface area (Å²) >= 11 is 3.29. The standard InChI is InChI=1S/C15H11BrF2O2/c1-20-10-3-4-11(12(16)8-10)15(19)7-9-2-5-13(17)14(18)6-9/h2-6,8H,7H2,1H3. The SMILES string of the molecule is COc1ccc(C(=O)Cc2ccc(F)c(F)c2)c(Br)c1. The summed E-state index contributed by atoms with van der Waals surface area (Å²) in [6.07, 6.45) is 0.00211. The molecule has 0 unspecified atom stereocenters. The van der Waals surface area contributed by atoms with E-state index in [4.69, 9.17) is 4.74 Å². The number of ether oxygens (including phenoxy) is 1. The monoisotopic (exact) mass is 340 g/mol. The van der Waals surface area contributed by atoms with Crippen molar-refractivity contribution >= 4 is 21.7 Å². The van der Waals surface area contributed by atoms with Crippen molar-refractivity contribution in [3.63, 3.8) is 0 Å². The van der Waals surface area contributed by atoms with E-state index in [0.717, 1.165) is 12.1 Å². The average molecular weight is 341 g/mol. The van der Waals surface area contributed by atoms with Crippen LogP contribution in [-0.2, 0) is 6.42 Å². The number of carbonyl (C=O) groups excluding carboxylic acids is 1. The third kappa shape index (κ3) is 3.22.